The predicted molar refractivity (Wildman–Crippen MR) is 88.7 cm³/mol. The molecular formula is C17H16FN5O. The predicted octanol–water partition coefficient (Wildman–Crippen LogP) is 2.94. The quantitative estimate of drug-likeness (QED) is 0.775. The number of carbonyl (C=O) groups excluding carboxylic acids is 1. The van der Waals surface area contributed by atoms with Gasteiger partial charge in [-0.1, -0.05) is 6.07 Å². The summed E-state index contributed by atoms with van der Waals surface area (Å²) < 4.78 is 14.5. The highest BCUT2D eigenvalue weighted by Crippen LogP contribution is 2.16. The summed E-state index contributed by atoms with van der Waals surface area (Å²) in [6.45, 7) is 0.272. The maximum Gasteiger partial charge on any atom is 0.319 e. The lowest BCUT2D eigenvalue weighted by Crippen LogP contribution is -2.28. The SMILES string of the molecule is Cn1nc(CNC(=O)Nc2ccc(F)cc2)cc1-c1ccccn1. The van der Waals surface area contributed by atoms with Crippen LogP contribution in [0.3, 0.4) is 0 Å². The molecule has 2 heterocycles. The minimum atomic E-state index is -0.383. The Morgan fingerprint density at radius 1 is 1.21 bits per heavy atom. The first-order valence-electron chi connectivity index (χ1n) is 7.36. The second-order valence-electron chi connectivity index (χ2n) is 5.17. The number of amides is 2. The molecule has 3 rings (SSSR count). The minimum Gasteiger partial charge on any atom is -0.332 e. The molecule has 6 nitrogen and oxygen atoms in total. The number of aryl methyl sites for hydroxylation is 1. The van der Waals surface area contributed by atoms with Crippen molar-refractivity contribution in [3.05, 3.63) is 66.2 Å². The Morgan fingerprint density at radius 2 is 2.00 bits per heavy atom. The van der Waals surface area contributed by atoms with Crippen molar-refractivity contribution in [3.63, 3.8) is 0 Å². The van der Waals surface area contributed by atoms with E-state index in [4.69, 9.17) is 0 Å². The van der Waals surface area contributed by atoms with Crippen molar-refractivity contribution in [2.45, 2.75) is 6.54 Å². The number of benzene rings is 1. The first kappa shape index (κ1) is 15.7. The van der Waals surface area contributed by atoms with Gasteiger partial charge in [-0.15, -0.1) is 0 Å². The van der Waals surface area contributed by atoms with Gasteiger partial charge in [0.2, 0.25) is 0 Å². The highest BCUT2D eigenvalue weighted by atomic mass is 19.1. The molecule has 2 amide bonds. The average molecular weight is 325 g/mol. The number of hydrogen-bond donors (Lipinski definition) is 2. The maximum atomic E-state index is 12.8. The molecule has 0 bridgehead atoms. The maximum absolute atomic E-state index is 12.8. The molecule has 0 radical (unpaired) electrons. The van der Waals surface area contributed by atoms with Gasteiger partial charge in [0.05, 0.1) is 23.6 Å². The van der Waals surface area contributed by atoms with Gasteiger partial charge in [-0.2, -0.15) is 5.10 Å². The van der Waals surface area contributed by atoms with Crippen LogP contribution in [0.5, 0.6) is 0 Å². The lowest BCUT2D eigenvalue weighted by atomic mass is 10.2. The van der Waals surface area contributed by atoms with Gasteiger partial charge in [0, 0.05) is 18.9 Å². The number of nitrogens with zero attached hydrogens (tertiary/aromatic N) is 3. The number of anilines is 1. The van der Waals surface area contributed by atoms with Gasteiger partial charge in [-0.05, 0) is 42.5 Å². The number of carbonyl (C=O) groups is 1. The van der Waals surface area contributed by atoms with E-state index in [1.165, 1.54) is 24.3 Å². The topological polar surface area (TPSA) is 71.8 Å². The van der Waals surface area contributed by atoms with E-state index in [-0.39, 0.29) is 18.4 Å². The number of aromatic nitrogens is 3. The van der Waals surface area contributed by atoms with Gasteiger partial charge in [-0.3, -0.25) is 9.67 Å². The number of nitrogens with one attached hydrogen (secondary N) is 2. The zero-order valence-corrected chi connectivity index (χ0v) is 13.0. The lowest BCUT2D eigenvalue weighted by Gasteiger charge is -2.06. The summed E-state index contributed by atoms with van der Waals surface area (Å²) in [7, 11) is 1.83. The second-order valence-corrected chi connectivity index (χ2v) is 5.17. The van der Waals surface area contributed by atoms with Gasteiger partial charge < -0.3 is 10.6 Å². The summed E-state index contributed by atoms with van der Waals surface area (Å²) in [6.07, 6.45) is 1.72. The standard InChI is InChI=1S/C17H16FN5O/c1-23-16(15-4-2-3-9-19-15)10-14(22-23)11-20-17(24)21-13-7-5-12(18)6-8-13/h2-10H,11H2,1H3,(H2,20,21,24). The van der Waals surface area contributed by atoms with E-state index in [0.29, 0.717) is 11.4 Å². The molecule has 0 saturated heterocycles. The van der Waals surface area contributed by atoms with Crippen LogP contribution in [0.15, 0.2) is 54.7 Å². The zero-order chi connectivity index (χ0) is 16.9. The smallest absolute Gasteiger partial charge is 0.319 e. The van der Waals surface area contributed by atoms with Crippen molar-refractivity contribution in [2.24, 2.45) is 7.05 Å². The number of hydrogen-bond acceptors (Lipinski definition) is 3. The first-order chi connectivity index (χ1) is 11.6. The van der Waals surface area contributed by atoms with Crippen LogP contribution in [0.1, 0.15) is 5.69 Å². The molecule has 0 aliphatic heterocycles. The Bertz CT molecular complexity index is 830. The van der Waals surface area contributed by atoms with E-state index in [0.717, 1.165) is 11.4 Å². The van der Waals surface area contributed by atoms with Crippen molar-refractivity contribution in [1.29, 1.82) is 0 Å². The van der Waals surface area contributed by atoms with Crippen LogP contribution in [0.2, 0.25) is 0 Å². The molecule has 24 heavy (non-hydrogen) atoms. The van der Waals surface area contributed by atoms with E-state index < -0.39 is 0 Å². The molecule has 3 aromatic rings. The highest BCUT2D eigenvalue weighted by Gasteiger charge is 2.09. The number of rotatable bonds is 4. The lowest BCUT2D eigenvalue weighted by molar-refractivity contribution is 0.251. The van der Waals surface area contributed by atoms with Gasteiger partial charge >= 0.3 is 6.03 Å². The van der Waals surface area contributed by atoms with E-state index in [2.05, 4.69) is 20.7 Å². The Balaban J connectivity index is 1.61. The van der Waals surface area contributed by atoms with Gasteiger partial charge in [0.1, 0.15) is 5.82 Å². The van der Waals surface area contributed by atoms with Crippen LogP contribution < -0.4 is 10.6 Å². The molecule has 7 heteroatoms. The molecule has 0 atom stereocenters. The summed E-state index contributed by atoms with van der Waals surface area (Å²) in [5.74, 6) is -0.350. The van der Waals surface area contributed by atoms with Crippen molar-refractivity contribution >= 4 is 11.7 Å². The number of halogens is 1. The third-order valence-electron chi connectivity index (χ3n) is 3.39. The summed E-state index contributed by atoms with van der Waals surface area (Å²) in [6, 6.07) is 12.7. The molecule has 0 fully saturated rings. The fraction of sp³-hybridized carbons (Fsp3) is 0.118. The summed E-state index contributed by atoms with van der Waals surface area (Å²) in [5, 5.41) is 9.71. The largest absolute Gasteiger partial charge is 0.332 e. The molecule has 122 valence electrons. The Kier molecular flexibility index (Phi) is 4.51. The molecule has 1 aromatic carbocycles. The summed E-state index contributed by atoms with van der Waals surface area (Å²) in [5.41, 5.74) is 2.91. The number of urea groups is 1. The minimum absolute atomic E-state index is 0.272. The molecule has 0 unspecified atom stereocenters. The first-order valence-corrected chi connectivity index (χ1v) is 7.36. The fourth-order valence-electron chi connectivity index (χ4n) is 2.25. The van der Waals surface area contributed by atoms with Gasteiger partial charge in [-0.25, -0.2) is 9.18 Å². The second kappa shape index (κ2) is 6.91. The monoisotopic (exact) mass is 325 g/mol. The molecular weight excluding hydrogens is 309 g/mol. The Labute approximate surface area is 138 Å². The molecule has 0 saturated carbocycles. The van der Waals surface area contributed by atoms with E-state index in [1.807, 2.05) is 31.3 Å². The van der Waals surface area contributed by atoms with Crippen molar-refractivity contribution in [1.82, 2.24) is 20.1 Å². The molecule has 0 spiro atoms. The molecule has 2 aromatic heterocycles. The average Bonchev–Trinajstić information content (AvgIpc) is 2.97. The third kappa shape index (κ3) is 3.75. The fourth-order valence-corrected chi connectivity index (χ4v) is 2.25. The van der Waals surface area contributed by atoms with E-state index in [1.54, 1.807) is 10.9 Å². The third-order valence-corrected chi connectivity index (χ3v) is 3.39. The van der Waals surface area contributed by atoms with Crippen LogP contribution in [0.4, 0.5) is 14.9 Å². The van der Waals surface area contributed by atoms with Crippen molar-refractivity contribution < 1.29 is 9.18 Å². The van der Waals surface area contributed by atoms with E-state index in [9.17, 15) is 9.18 Å². The molecule has 0 aliphatic rings. The Morgan fingerprint density at radius 3 is 2.71 bits per heavy atom. The van der Waals surface area contributed by atoms with Crippen LogP contribution in [0, 0.1) is 5.82 Å². The molecule has 0 aliphatic carbocycles. The van der Waals surface area contributed by atoms with Crippen LogP contribution in [0.25, 0.3) is 11.4 Å². The van der Waals surface area contributed by atoms with Crippen LogP contribution in [-0.4, -0.2) is 20.8 Å². The van der Waals surface area contributed by atoms with Crippen molar-refractivity contribution in [2.75, 3.05) is 5.32 Å². The van der Waals surface area contributed by atoms with E-state index >= 15 is 0 Å². The van der Waals surface area contributed by atoms with Crippen LogP contribution >= 0.6 is 0 Å². The van der Waals surface area contributed by atoms with Gasteiger partial charge in [0.15, 0.2) is 0 Å². The summed E-state index contributed by atoms with van der Waals surface area (Å²) in [4.78, 5) is 16.2. The summed E-state index contributed by atoms with van der Waals surface area (Å²) >= 11 is 0. The normalized spacial score (nSPS) is 10.4. The highest BCUT2D eigenvalue weighted by molar-refractivity contribution is 5.89. The van der Waals surface area contributed by atoms with Gasteiger partial charge in [0.25, 0.3) is 0 Å². The van der Waals surface area contributed by atoms with Crippen molar-refractivity contribution in [3.8, 4) is 11.4 Å². The van der Waals surface area contributed by atoms with Crippen LogP contribution in [-0.2, 0) is 13.6 Å². The zero-order valence-electron chi connectivity index (χ0n) is 13.0. The number of pyridine rings is 1. The molecule has 2 N–H and O–H groups in total. The Hall–Kier alpha value is -3.22.